The maximum atomic E-state index is 10.1. The molecule has 0 aromatic heterocycles. The minimum atomic E-state index is -1.26. The summed E-state index contributed by atoms with van der Waals surface area (Å²) in [4.78, 5) is 39.4. The first-order valence-corrected chi connectivity index (χ1v) is 4.37. The standard InChI is InChI=1S/C6H8O4.C4H4O4/c1-3(5(7)8)4(2)6(9)10;5-3(6)1-2-4(7)8/h1-2H3,(H,7,8)(H,9,10);1-2H,(H,5,6)(H,7,8). The van der Waals surface area contributed by atoms with E-state index in [0.717, 1.165) is 0 Å². The second-order valence-corrected chi connectivity index (χ2v) is 2.87. The van der Waals surface area contributed by atoms with Crippen molar-refractivity contribution in [2.24, 2.45) is 0 Å². The third-order valence-electron chi connectivity index (χ3n) is 1.57. The third kappa shape index (κ3) is 9.90. The van der Waals surface area contributed by atoms with Crippen molar-refractivity contribution in [3.63, 3.8) is 0 Å². The van der Waals surface area contributed by atoms with E-state index in [0.29, 0.717) is 12.2 Å². The van der Waals surface area contributed by atoms with E-state index in [1.54, 1.807) is 0 Å². The first kappa shape index (κ1) is 17.7. The Morgan fingerprint density at radius 2 is 0.889 bits per heavy atom. The van der Waals surface area contributed by atoms with Gasteiger partial charge in [-0.1, -0.05) is 0 Å². The lowest BCUT2D eigenvalue weighted by molar-refractivity contribution is -0.135. The normalized spacial score (nSPS) is 11.0. The third-order valence-corrected chi connectivity index (χ3v) is 1.57. The molecule has 0 aliphatic carbocycles. The van der Waals surface area contributed by atoms with Gasteiger partial charge in [-0.05, 0) is 13.8 Å². The number of carboxylic acid groups (broad SMARTS) is 4. The van der Waals surface area contributed by atoms with Crippen LogP contribution in [0.4, 0.5) is 0 Å². The van der Waals surface area contributed by atoms with Crippen molar-refractivity contribution < 1.29 is 39.6 Å². The first-order chi connectivity index (χ1) is 8.09. The van der Waals surface area contributed by atoms with Gasteiger partial charge in [0.1, 0.15) is 0 Å². The van der Waals surface area contributed by atoms with Crippen LogP contribution in [0.1, 0.15) is 13.8 Å². The Kier molecular flexibility index (Phi) is 8.38. The lowest BCUT2D eigenvalue weighted by atomic mass is 10.1. The van der Waals surface area contributed by atoms with Crippen LogP contribution < -0.4 is 0 Å². The maximum Gasteiger partial charge on any atom is 0.331 e. The minimum absolute atomic E-state index is 0.132. The van der Waals surface area contributed by atoms with Crippen molar-refractivity contribution in [3.05, 3.63) is 23.3 Å². The first-order valence-electron chi connectivity index (χ1n) is 4.37. The van der Waals surface area contributed by atoms with E-state index < -0.39 is 23.9 Å². The highest BCUT2D eigenvalue weighted by atomic mass is 16.4. The molecule has 0 aromatic rings. The van der Waals surface area contributed by atoms with Crippen molar-refractivity contribution in [2.75, 3.05) is 0 Å². The molecule has 0 bridgehead atoms. The summed E-state index contributed by atoms with van der Waals surface area (Å²) in [6.07, 6.45) is 1.12. The molecule has 0 radical (unpaired) electrons. The molecular weight excluding hydrogens is 248 g/mol. The summed E-state index contributed by atoms with van der Waals surface area (Å²) in [5, 5.41) is 32.2. The van der Waals surface area contributed by atoms with Crippen molar-refractivity contribution in [3.8, 4) is 0 Å². The smallest absolute Gasteiger partial charge is 0.331 e. The molecule has 100 valence electrons. The Bertz CT molecular complexity index is 378. The largest absolute Gasteiger partial charge is 0.478 e. The number of carbonyl (C=O) groups is 4. The van der Waals surface area contributed by atoms with Crippen LogP contribution in [0.15, 0.2) is 23.3 Å². The van der Waals surface area contributed by atoms with Gasteiger partial charge in [-0.25, -0.2) is 19.2 Å². The van der Waals surface area contributed by atoms with Crippen LogP contribution in [0.25, 0.3) is 0 Å². The summed E-state index contributed by atoms with van der Waals surface area (Å²) in [5.74, 6) is -4.90. The van der Waals surface area contributed by atoms with Gasteiger partial charge in [-0.3, -0.25) is 0 Å². The number of hydrogen-bond acceptors (Lipinski definition) is 4. The Morgan fingerprint density at radius 3 is 1.00 bits per heavy atom. The average molecular weight is 260 g/mol. The monoisotopic (exact) mass is 260 g/mol. The lowest BCUT2D eigenvalue weighted by Gasteiger charge is -1.95. The van der Waals surface area contributed by atoms with Gasteiger partial charge in [0.15, 0.2) is 0 Å². The number of aliphatic carboxylic acids is 4. The molecule has 8 heteroatoms. The molecule has 0 amide bonds. The topological polar surface area (TPSA) is 149 Å². The van der Waals surface area contributed by atoms with Gasteiger partial charge >= 0.3 is 23.9 Å². The van der Waals surface area contributed by atoms with Crippen molar-refractivity contribution in [1.29, 1.82) is 0 Å². The van der Waals surface area contributed by atoms with Crippen LogP contribution in [-0.4, -0.2) is 44.3 Å². The Balaban J connectivity index is 0. The molecule has 4 N–H and O–H groups in total. The Morgan fingerprint density at radius 1 is 0.667 bits per heavy atom. The molecule has 0 aliphatic rings. The van der Waals surface area contributed by atoms with Gasteiger partial charge < -0.3 is 20.4 Å². The summed E-state index contributed by atoms with van der Waals surface area (Å²) in [6.45, 7) is 2.51. The van der Waals surface area contributed by atoms with E-state index in [1.165, 1.54) is 13.8 Å². The Hall–Kier alpha value is -2.64. The number of hydrogen-bond donors (Lipinski definition) is 4. The quantitative estimate of drug-likeness (QED) is 0.523. The van der Waals surface area contributed by atoms with E-state index in [-0.39, 0.29) is 11.1 Å². The molecule has 0 atom stereocenters. The molecule has 0 heterocycles. The average Bonchev–Trinajstić information content (AvgIpc) is 2.24. The number of rotatable bonds is 4. The predicted molar refractivity (Wildman–Crippen MR) is 58.1 cm³/mol. The molecule has 18 heavy (non-hydrogen) atoms. The van der Waals surface area contributed by atoms with Crippen LogP contribution in [-0.2, 0) is 19.2 Å². The van der Waals surface area contributed by atoms with Crippen LogP contribution in [0.2, 0.25) is 0 Å². The lowest BCUT2D eigenvalue weighted by Crippen LogP contribution is -2.06. The second kappa shape index (κ2) is 8.50. The fourth-order valence-electron chi connectivity index (χ4n) is 0.463. The molecule has 8 nitrogen and oxygen atoms in total. The molecular formula is C10H12O8. The van der Waals surface area contributed by atoms with Gasteiger partial charge in [0, 0.05) is 23.3 Å². The van der Waals surface area contributed by atoms with Crippen molar-refractivity contribution >= 4 is 23.9 Å². The number of carboxylic acids is 4. The Labute approximate surface area is 101 Å². The molecule has 0 saturated carbocycles. The zero-order valence-electron chi connectivity index (χ0n) is 9.58. The molecule has 0 aliphatic heterocycles. The molecule has 0 aromatic carbocycles. The minimum Gasteiger partial charge on any atom is -0.478 e. The second-order valence-electron chi connectivity index (χ2n) is 2.87. The van der Waals surface area contributed by atoms with Gasteiger partial charge in [0.25, 0.3) is 0 Å². The summed E-state index contributed by atoms with van der Waals surface area (Å²) in [6, 6.07) is 0. The molecule has 0 spiro atoms. The highest BCUT2D eigenvalue weighted by molar-refractivity contribution is 5.97. The highest BCUT2D eigenvalue weighted by Crippen LogP contribution is 2.02. The van der Waals surface area contributed by atoms with Gasteiger partial charge in [-0.15, -0.1) is 0 Å². The van der Waals surface area contributed by atoms with E-state index in [9.17, 15) is 19.2 Å². The van der Waals surface area contributed by atoms with Crippen LogP contribution in [0.5, 0.6) is 0 Å². The van der Waals surface area contributed by atoms with E-state index >= 15 is 0 Å². The summed E-state index contributed by atoms with van der Waals surface area (Å²) < 4.78 is 0. The summed E-state index contributed by atoms with van der Waals surface area (Å²) in [7, 11) is 0. The molecule has 0 rings (SSSR count). The zero-order chi connectivity index (χ0) is 14.9. The van der Waals surface area contributed by atoms with E-state index in [1.807, 2.05) is 0 Å². The van der Waals surface area contributed by atoms with E-state index in [4.69, 9.17) is 20.4 Å². The van der Waals surface area contributed by atoms with Crippen molar-refractivity contribution in [2.45, 2.75) is 13.8 Å². The van der Waals surface area contributed by atoms with Crippen molar-refractivity contribution in [1.82, 2.24) is 0 Å². The highest BCUT2D eigenvalue weighted by Gasteiger charge is 2.09. The van der Waals surface area contributed by atoms with Gasteiger partial charge in [0.05, 0.1) is 0 Å². The van der Waals surface area contributed by atoms with Crippen LogP contribution in [0, 0.1) is 0 Å². The molecule has 0 saturated heterocycles. The summed E-state index contributed by atoms with van der Waals surface area (Å²) in [5.41, 5.74) is -0.264. The SMILES string of the molecule is CC(C(=O)O)=C(C)C(=O)O.O=C(O)C=CC(=O)O. The molecule has 0 fully saturated rings. The van der Waals surface area contributed by atoms with Gasteiger partial charge in [0.2, 0.25) is 0 Å². The molecule has 0 unspecified atom stereocenters. The van der Waals surface area contributed by atoms with Gasteiger partial charge in [-0.2, -0.15) is 0 Å². The fourth-order valence-corrected chi connectivity index (χ4v) is 0.463. The summed E-state index contributed by atoms with van der Waals surface area (Å²) >= 11 is 0. The van der Waals surface area contributed by atoms with E-state index in [2.05, 4.69) is 0 Å². The van der Waals surface area contributed by atoms with Crippen LogP contribution >= 0.6 is 0 Å². The maximum absolute atomic E-state index is 10.1. The van der Waals surface area contributed by atoms with Crippen LogP contribution in [0.3, 0.4) is 0 Å². The fraction of sp³-hybridized carbons (Fsp3) is 0.200. The predicted octanol–water partition coefficient (Wildman–Crippen LogP) is 0.204. The zero-order valence-corrected chi connectivity index (χ0v) is 9.58.